The van der Waals surface area contributed by atoms with E-state index in [1.807, 2.05) is 0 Å². The number of benzene rings is 2. The van der Waals surface area contributed by atoms with Crippen LogP contribution in [0.15, 0.2) is 51.7 Å². The quantitative estimate of drug-likeness (QED) is 0.808. The van der Waals surface area contributed by atoms with Crippen LogP contribution >= 0.6 is 0 Å². The van der Waals surface area contributed by atoms with E-state index in [0.717, 1.165) is 0 Å². The van der Waals surface area contributed by atoms with E-state index in [1.54, 1.807) is 0 Å². The van der Waals surface area contributed by atoms with Crippen molar-refractivity contribution in [3.63, 3.8) is 0 Å². The topological polar surface area (TPSA) is 50.4 Å². The van der Waals surface area contributed by atoms with E-state index in [0.29, 0.717) is 5.56 Å². The number of halogens is 2. The molecule has 22 heavy (non-hydrogen) atoms. The highest BCUT2D eigenvalue weighted by molar-refractivity contribution is 5.83. The summed E-state index contributed by atoms with van der Waals surface area (Å²) >= 11 is 0. The third kappa shape index (κ3) is 2.40. The number of fused-ring (bicyclic) bond motifs is 1. The number of aliphatic hydroxyl groups excluding tert-OH is 1. The van der Waals surface area contributed by atoms with E-state index in [2.05, 4.69) is 0 Å². The molecule has 0 bridgehead atoms. The molecule has 0 aliphatic carbocycles. The van der Waals surface area contributed by atoms with Crippen LogP contribution in [0, 0.1) is 11.6 Å². The van der Waals surface area contributed by atoms with Gasteiger partial charge in [0.05, 0.1) is 12.2 Å². The zero-order chi connectivity index (χ0) is 15.7. The zero-order valence-electron chi connectivity index (χ0n) is 11.5. The Morgan fingerprint density at radius 3 is 2.45 bits per heavy atom. The van der Waals surface area contributed by atoms with Gasteiger partial charge in [0, 0.05) is 6.42 Å². The smallest absolute Gasteiger partial charge is 0.203 e. The third-order valence-electron chi connectivity index (χ3n) is 3.41. The van der Waals surface area contributed by atoms with Gasteiger partial charge in [-0.2, -0.15) is 0 Å². The Morgan fingerprint density at radius 1 is 1.05 bits per heavy atom. The monoisotopic (exact) mass is 302 g/mol. The first-order valence-electron chi connectivity index (χ1n) is 6.73. The highest BCUT2D eigenvalue weighted by Crippen LogP contribution is 2.26. The molecule has 3 nitrogen and oxygen atoms in total. The van der Waals surface area contributed by atoms with Crippen LogP contribution in [0.2, 0.25) is 0 Å². The van der Waals surface area contributed by atoms with Crippen molar-refractivity contribution in [3.8, 4) is 11.1 Å². The summed E-state index contributed by atoms with van der Waals surface area (Å²) in [7, 11) is 0. The number of hydrogen-bond acceptors (Lipinski definition) is 3. The lowest BCUT2D eigenvalue weighted by Gasteiger charge is -2.10. The maximum atomic E-state index is 14.0. The van der Waals surface area contributed by atoms with Crippen molar-refractivity contribution in [2.45, 2.75) is 6.42 Å². The molecule has 0 aliphatic heterocycles. The Labute approximate surface area is 124 Å². The molecule has 0 fully saturated rings. The first-order valence-corrected chi connectivity index (χ1v) is 6.73. The van der Waals surface area contributed by atoms with Gasteiger partial charge in [0.2, 0.25) is 5.43 Å². The summed E-state index contributed by atoms with van der Waals surface area (Å²) in [4.78, 5) is 12.7. The van der Waals surface area contributed by atoms with Gasteiger partial charge in [-0.3, -0.25) is 4.79 Å². The largest absolute Gasteiger partial charge is 0.460 e. The molecule has 3 aromatic rings. The molecule has 0 unspecified atom stereocenters. The minimum absolute atomic E-state index is 0.106. The van der Waals surface area contributed by atoms with Crippen molar-refractivity contribution in [1.29, 1.82) is 0 Å². The number of aliphatic hydroxyl groups is 1. The van der Waals surface area contributed by atoms with Crippen molar-refractivity contribution in [3.05, 3.63) is 70.1 Å². The summed E-state index contributed by atoms with van der Waals surface area (Å²) < 4.78 is 32.6. The van der Waals surface area contributed by atoms with Crippen LogP contribution in [0.1, 0.15) is 5.76 Å². The maximum Gasteiger partial charge on any atom is 0.203 e. The lowest BCUT2D eigenvalue weighted by molar-refractivity contribution is 0.289. The van der Waals surface area contributed by atoms with Crippen LogP contribution in [0.4, 0.5) is 8.78 Å². The molecule has 0 amide bonds. The van der Waals surface area contributed by atoms with Crippen molar-refractivity contribution in [2.75, 3.05) is 6.61 Å². The van der Waals surface area contributed by atoms with Crippen LogP contribution in [-0.2, 0) is 6.42 Å². The lowest BCUT2D eigenvalue weighted by atomic mass is 10.0. The van der Waals surface area contributed by atoms with E-state index in [9.17, 15) is 13.6 Å². The lowest BCUT2D eigenvalue weighted by Crippen LogP contribution is -2.11. The van der Waals surface area contributed by atoms with E-state index < -0.39 is 17.1 Å². The fraction of sp³-hybridized carbons (Fsp3) is 0.118. The van der Waals surface area contributed by atoms with Crippen LogP contribution in [0.5, 0.6) is 0 Å². The van der Waals surface area contributed by atoms with Crippen LogP contribution in [-0.4, -0.2) is 11.7 Å². The molecular weight excluding hydrogens is 290 g/mol. The van der Waals surface area contributed by atoms with Crippen molar-refractivity contribution in [2.24, 2.45) is 0 Å². The first-order chi connectivity index (χ1) is 10.6. The fourth-order valence-electron chi connectivity index (χ4n) is 2.43. The molecule has 0 radical (unpaired) electrons. The molecule has 112 valence electrons. The molecular formula is C17H12F2O3. The molecule has 2 aromatic carbocycles. The Morgan fingerprint density at radius 2 is 1.77 bits per heavy atom. The average molecular weight is 302 g/mol. The van der Waals surface area contributed by atoms with Crippen LogP contribution in [0.3, 0.4) is 0 Å². The van der Waals surface area contributed by atoms with Gasteiger partial charge in [-0.15, -0.1) is 0 Å². The highest BCUT2D eigenvalue weighted by atomic mass is 19.1. The zero-order valence-corrected chi connectivity index (χ0v) is 11.5. The summed E-state index contributed by atoms with van der Waals surface area (Å²) in [6, 6.07) is 9.39. The van der Waals surface area contributed by atoms with Crippen molar-refractivity contribution >= 4 is 11.0 Å². The second kappa shape index (κ2) is 5.69. The van der Waals surface area contributed by atoms with E-state index >= 15 is 0 Å². The van der Waals surface area contributed by atoms with Gasteiger partial charge in [-0.1, -0.05) is 18.2 Å². The van der Waals surface area contributed by atoms with Gasteiger partial charge < -0.3 is 9.52 Å². The van der Waals surface area contributed by atoms with E-state index in [-0.39, 0.29) is 35.3 Å². The van der Waals surface area contributed by atoms with Crippen LogP contribution in [0.25, 0.3) is 22.1 Å². The molecule has 5 heteroatoms. The molecule has 1 aromatic heterocycles. The van der Waals surface area contributed by atoms with E-state index in [1.165, 1.54) is 42.5 Å². The molecule has 0 spiro atoms. The molecule has 1 N–H and O–H groups in total. The molecule has 0 saturated heterocycles. The minimum atomic E-state index is -0.676. The SMILES string of the molecule is O=c1c(-c2ccc(F)cc2)c(CCO)oc2cccc(F)c12. The van der Waals surface area contributed by atoms with Gasteiger partial charge in [0.25, 0.3) is 0 Å². The molecule has 3 rings (SSSR count). The summed E-state index contributed by atoms with van der Waals surface area (Å²) in [5.74, 6) is -0.869. The normalized spacial score (nSPS) is 11.0. The summed E-state index contributed by atoms with van der Waals surface area (Å²) in [5.41, 5.74) is 0.157. The van der Waals surface area contributed by atoms with Crippen molar-refractivity contribution < 1.29 is 18.3 Å². The predicted molar refractivity (Wildman–Crippen MR) is 78.6 cm³/mol. The molecule has 1 heterocycles. The Balaban J connectivity index is 2.38. The first kappa shape index (κ1) is 14.4. The van der Waals surface area contributed by atoms with Gasteiger partial charge in [-0.25, -0.2) is 8.78 Å². The number of rotatable bonds is 3. The average Bonchev–Trinajstić information content (AvgIpc) is 2.49. The Kier molecular flexibility index (Phi) is 3.73. The standard InChI is InChI=1S/C17H12F2O3/c18-11-6-4-10(5-7-11)15-14(8-9-20)22-13-3-1-2-12(19)16(13)17(15)21/h1-7,20H,8-9H2. The van der Waals surface area contributed by atoms with Gasteiger partial charge in [0.15, 0.2) is 0 Å². The second-order valence-corrected chi connectivity index (χ2v) is 4.82. The van der Waals surface area contributed by atoms with Gasteiger partial charge in [0.1, 0.15) is 28.4 Å². The maximum absolute atomic E-state index is 14.0. The minimum Gasteiger partial charge on any atom is -0.460 e. The number of hydrogen-bond donors (Lipinski definition) is 1. The van der Waals surface area contributed by atoms with Crippen LogP contribution < -0.4 is 5.43 Å². The fourth-order valence-corrected chi connectivity index (χ4v) is 2.43. The Hall–Kier alpha value is -2.53. The highest BCUT2D eigenvalue weighted by Gasteiger charge is 2.18. The van der Waals surface area contributed by atoms with E-state index in [4.69, 9.17) is 9.52 Å². The summed E-state index contributed by atoms with van der Waals surface area (Å²) in [6.07, 6.45) is 0.106. The van der Waals surface area contributed by atoms with Gasteiger partial charge in [-0.05, 0) is 29.8 Å². The molecule has 0 aliphatic rings. The Bertz CT molecular complexity index is 883. The van der Waals surface area contributed by atoms with Gasteiger partial charge >= 0.3 is 0 Å². The molecule has 0 saturated carbocycles. The second-order valence-electron chi connectivity index (χ2n) is 4.82. The summed E-state index contributed by atoms with van der Waals surface area (Å²) in [6.45, 7) is -0.224. The predicted octanol–water partition coefficient (Wildman–Crippen LogP) is 3.27. The van der Waals surface area contributed by atoms with Crippen molar-refractivity contribution in [1.82, 2.24) is 0 Å². The third-order valence-corrected chi connectivity index (χ3v) is 3.41. The summed E-state index contributed by atoms with van der Waals surface area (Å²) in [5, 5.41) is 9.01. The molecule has 0 atom stereocenters.